The summed E-state index contributed by atoms with van der Waals surface area (Å²) in [5, 5.41) is 17.3. The van der Waals surface area contributed by atoms with Crippen molar-refractivity contribution in [2.75, 3.05) is 0 Å². The molecule has 0 saturated carbocycles. The molecule has 3 rings (SSSR count). The number of aromatic nitrogens is 3. The summed E-state index contributed by atoms with van der Waals surface area (Å²) in [5.74, 6) is -0.978. The third-order valence-electron chi connectivity index (χ3n) is 2.99. The van der Waals surface area contributed by atoms with Crippen molar-refractivity contribution in [3.63, 3.8) is 0 Å². The molecule has 0 aliphatic carbocycles. The van der Waals surface area contributed by atoms with Gasteiger partial charge in [0.25, 0.3) is 0 Å². The van der Waals surface area contributed by atoms with Crippen molar-refractivity contribution < 1.29 is 9.90 Å². The third-order valence-corrected chi connectivity index (χ3v) is 3.48. The van der Waals surface area contributed by atoms with E-state index < -0.39 is 5.97 Å². The lowest BCUT2D eigenvalue weighted by Gasteiger charge is -2.05. The first-order valence-corrected chi connectivity index (χ1v) is 6.74. The molecule has 20 heavy (non-hydrogen) atoms. The van der Waals surface area contributed by atoms with Crippen LogP contribution in [0.4, 0.5) is 0 Å². The summed E-state index contributed by atoms with van der Waals surface area (Å²) < 4.78 is 2.58. The molecule has 0 aliphatic heterocycles. The first kappa shape index (κ1) is 12.8. The number of halogens is 1. The van der Waals surface area contributed by atoms with Gasteiger partial charge in [0.2, 0.25) is 0 Å². The minimum absolute atomic E-state index is 0.211. The molecule has 0 atom stereocenters. The van der Waals surface area contributed by atoms with Gasteiger partial charge in [-0.05, 0) is 29.8 Å². The van der Waals surface area contributed by atoms with Gasteiger partial charge in [-0.15, -0.1) is 5.10 Å². The molecule has 0 radical (unpaired) electrons. The van der Waals surface area contributed by atoms with Gasteiger partial charge in [0.15, 0.2) is 0 Å². The van der Waals surface area contributed by atoms with Gasteiger partial charge in [-0.2, -0.15) is 0 Å². The van der Waals surface area contributed by atoms with E-state index in [1.54, 1.807) is 22.9 Å². The molecule has 2 aromatic carbocycles. The van der Waals surface area contributed by atoms with Gasteiger partial charge in [-0.3, -0.25) is 0 Å². The fraction of sp³-hybridized carbons (Fsp3) is 0.0714. The van der Waals surface area contributed by atoms with Crippen LogP contribution in [0.15, 0.2) is 46.9 Å². The van der Waals surface area contributed by atoms with E-state index >= 15 is 0 Å². The van der Waals surface area contributed by atoms with Gasteiger partial charge in [-0.1, -0.05) is 39.3 Å². The Hall–Kier alpha value is -2.21. The molecule has 0 fully saturated rings. The monoisotopic (exact) mass is 331 g/mol. The van der Waals surface area contributed by atoms with Gasteiger partial charge in [-0.25, -0.2) is 9.48 Å². The number of benzene rings is 2. The number of nitrogens with zero attached hydrogens (tertiary/aromatic N) is 3. The van der Waals surface area contributed by atoms with Gasteiger partial charge >= 0.3 is 5.97 Å². The molecule has 0 amide bonds. The molecule has 100 valence electrons. The lowest BCUT2D eigenvalue weighted by molar-refractivity contribution is 0.0698. The summed E-state index contributed by atoms with van der Waals surface area (Å²) in [7, 11) is 0. The van der Waals surface area contributed by atoms with Crippen molar-refractivity contribution in [2.24, 2.45) is 0 Å². The number of carbonyl (C=O) groups is 1. The van der Waals surface area contributed by atoms with E-state index in [1.165, 1.54) is 0 Å². The van der Waals surface area contributed by atoms with Gasteiger partial charge in [0, 0.05) is 4.47 Å². The van der Waals surface area contributed by atoms with Crippen molar-refractivity contribution in [3.8, 4) is 0 Å². The van der Waals surface area contributed by atoms with Crippen molar-refractivity contribution >= 4 is 32.9 Å². The third kappa shape index (κ3) is 2.30. The Kier molecular flexibility index (Phi) is 3.23. The Bertz CT molecular complexity index is 798. The number of fused-ring (bicyclic) bond motifs is 1. The number of hydrogen-bond acceptors (Lipinski definition) is 3. The molecular formula is C14H10BrN3O2. The van der Waals surface area contributed by atoms with Crippen LogP contribution in [0.25, 0.3) is 11.0 Å². The fourth-order valence-corrected chi connectivity index (χ4v) is 2.57. The predicted octanol–water partition coefficient (Wildman–Crippen LogP) is 2.94. The summed E-state index contributed by atoms with van der Waals surface area (Å²) in [6.45, 7) is 0.472. The van der Waals surface area contributed by atoms with E-state index in [1.807, 2.05) is 24.3 Å². The standard InChI is InChI=1S/C14H10BrN3O2/c15-10-4-1-3-9(7-10)8-18-13-11(14(19)20)5-2-6-12(13)16-17-18/h1-7H,8H2,(H,19,20). The Labute approximate surface area is 123 Å². The molecular weight excluding hydrogens is 322 g/mol. The molecule has 6 heteroatoms. The molecule has 5 nitrogen and oxygen atoms in total. The minimum Gasteiger partial charge on any atom is -0.478 e. The highest BCUT2D eigenvalue weighted by Crippen LogP contribution is 2.19. The highest BCUT2D eigenvalue weighted by Gasteiger charge is 2.14. The first-order chi connectivity index (χ1) is 9.65. The van der Waals surface area contributed by atoms with Crippen LogP contribution >= 0.6 is 15.9 Å². The van der Waals surface area contributed by atoms with E-state index in [0.717, 1.165) is 10.0 Å². The Morgan fingerprint density at radius 2 is 2.05 bits per heavy atom. The van der Waals surface area contributed by atoms with E-state index in [9.17, 15) is 9.90 Å². The average Bonchev–Trinajstić information content (AvgIpc) is 2.82. The highest BCUT2D eigenvalue weighted by atomic mass is 79.9. The summed E-state index contributed by atoms with van der Waals surface area (Å²) in [6, 6.07) is 12.8. The lowest BCUT2D eigenvalue weighted by Crippen LogP contribution is -2.06. The maximum Gasteiger partial charge on any atom is 0.337 e. The van der Waals surface area contributed by atoms with Crippen molar-refractivity contribution in [1.82, 2.24) is 15.0 Å². The SMILES string of the molecule is O=C(O)c1cccc2nnn(Cc3cccc(Br)c3)c12. The second kappa shape index (κ2) is 5.05. The van der Waals surface area contributed by atoms with Crippen LogP contribution in [0.1, 0.15) is 15.9 Å². The van der Waals surface area contributed by atoms with Crippen molar-refractivity contribution in [3.05, 3.63) is 58.1 Å². The molecule has 1 heterocycles. The number of hydrogen-bond donors (Lipinski definition) is 1. The van der Waals surface area contributed by atoms with Crippen molar-refractivity contribution in [1.29, 1.82) is 0 Å². The summed E-state index contributed by atoms with van der Waals surface area (Å²) in [6.07, 6.45) is 0. The zero-order valence-corrected chi connectivity index (χ0v) is 11.9. The maximum atomic E-state index is 11.3. The zero-order valence-electron chi connectivity index (χ0n) is 10.3. The number of carboxylic acid groups (broad SMARTS) is 1. The van der Waals surface area contributed by atoms with Crippen LogP contribution in [-0.2, 0) is 6.54 Å². The van der Waals surface area contributed by atoms with Crippen LogP contribution in [0.5, 0.6) is 0 Å². The van der Waals surface area contributed by atoms with E-state index in [2.05, 4.69) is 26.2 Å². The molecule has 1 aromatic heterocycles. The van der Waals surface area contributed by atoms with E-state index in [4.69, 9.17) is 0 Å². The van der Waals surface area contributed by atoms with Crippen LogP contribution in [0, 0.1) is 0 Å². The predicted molar refractivity (Wildman–Crippen MR) is 77.7 cm³/mol. The zero-order chi connectivity index (χ0) is 14.1. The summed E-state index contributed by atoms with van der Waals surface area (Å²) in [5.41, 5.74) is 2.36. The molecule has 1 N–H and O–H groups in total. The highest BCUT2D eigenvalue weighted by molar-refractivity contribution is 9.10. The number of carboxylic acids is 1. The quantitative estimate of drug-likeness (QED) is 0.801. The molecule has 0 unspecified atom stereocenters. The average molecular weight is 332 g/mol. The van der Waals surface area contributed by atoms with Gasteiger partial charge in [0.05, 0.1) is 12.1 Å². The molecule has 0 spiro atoms. The largest absolute Gasteiger partial charge is 0.478 e. The van der Waals surface area contributed by atoms with Gasteiger partial charge < -0.3 is 5.11 Å². The molecule has 0 saturated heterocycles. The van der Waals surface area contributed by atoms with E-state index in [-0.39, 0.29) is 5.56 Å². The normalized spacial score (nSPS) is 10.8. The molecule has 0 aliphatic rings. The Balaban J connectivity index is 2.10. The Morgan fingerprint density at radius 3 is 2.80 bits per heavy atom. The minimum atomic E-state index is -0.978. The second-order valence-electron chi connectivity index (χ2n) is 4.36. The molecule has 0 bridgehead atoms. The maximum absolute atomic E-state index is 11.3. The smallest absolute Gasteiger partial charge is 0.337 e. The van der Waals surface area contributed by atoms with Crippen LogP contribution in [-0.4, -0.2) is 26.1 Å². The number of aromatic carboxylic acids is 1. The van der Waals surface area contributed by atoms with E-state index in [0.29, 0.717) is 17.6 Å². The number of rotatable bonds is 3. The summed E-state index contributed by atoms with van der Waals surface area (Å²) >= 11 is 3.41. The number of para-hydroxylation sites is 1. The lowest BCUT2D eigenvalue weighted by atomic mass is 10.1. The van der Waals surface area contributed by atoms with Crippen LogP contribution in [0.2, 0.25) is 0 Å². The summed E-state index contributed by atoms with van der Waals surface area (Å²) in [4.78, 5) is 11.3. The topological polar surface area (TPSA) is 68.0 Å². The Morgan fingerprint density at radius 1 is 1.25 bits per heavy atom. The van der Waals surface area contributed by atoms with Crippen molar-refractivity contribution in [2.45, 2.75) is 6.54 Å². The van der Waals surface area contributed by atoms with Gasteiger partial charge in [0.1, 0.15) is 11.0 Å². The fourth-order valence-electron chi connectivity index (χ4n) is 2.12. The van der Waals surface area contributed by atoms with Crippen LogP contribution in [0.3, 0.4) is 0 Å². The second-order valence-corrected chi connectivity index (χ2v) is 5.27. The van der Waals surface area contributed by atoms with Crippen LogP contribution < -0.4 is 0 Å². The molecule has 3 aromatic rings. The first-order valence-electron chi connectivity index (χ1n) is 5.95.